The summed E-state index contributed by atoms with van der Waals surface area (Å²) in [7, 11) is 3.18. The maximum atomic E-state index is 11.0. The third-order valence-corrected chi connectivity index (χ3v) is 3.94. The molecule has 0 aliphatic rings. The number of hydrogen-bond donors (Lipinski definition) is 2. The highest BCUT2D eigenvalue weighted by Gasteiger charge is 2.06. The number of ether oxygens (including phenoxy) is 1. The van der Waals surface area contributed by atoms with Gasteiger partial charge in [-0.25, -0.2) is 0 Å². The molecule has 21 heavy (non-hydrogen) atoms. The van der Waals surface area contributed by atoms with E-state index in [9.17, 15) is 4.79 Å². The number of carbonyl (C=O) groups excluding carboxylic acids is 1. The van der Waals surface area contributed by atoms with Crippen molar-refractivity contribution >= 4 is 23.3 Å². The second-order valence-corrected chi connectivity index (χ2v) is 5.65. The summed E-state index contributed by atoms with van der Waals surface area (Å²) in [5.41, 5.74) is 1.35. The van der Waals surface area contributed by atoms with Gasteiger partial charge in [0.05, 0.1) is 7.11 Å². The fraction of sp³-hybridized carbons (Fsp3) is 0.600. The molecule has 5 nitrogen and oxygen atoms in total. The van der Waals surface area contributed by atoms with E-state index in [1.165, 1.54) is 12.7 Å². The van der Waals surface area contributed by atoms with Crippen LogP contribution in [0.15, 0.2) is 21.8 Å². The zero-order valence-electron chi connectivity index (χ0n) is 13.0. The first kappa shape index (κ1) is 17.5. The lowest BCUT2D eigenvalue weighted by molar-refractivity contribution is -0.140. The Labute approximate surface area is 130 Å². The third kappa shape index (κ3) is 7.13. The molecule has 0 spiro atoms. The van der Waals surface area contributed by atoms with E-state index in [4.69, 9.17) is 0 Å². The Morgan fingerprint density at radius 2 is 2.24 bits per heavy atom. The van der Waals surface area contributed by atoms with Gasteiger partial charge in [-0.3, -0.25) is 9.79 Å². The van der Waals surface area contributed by atoms with Gasteiger partial charge in [-0.15, -0.1) is 0 Å². The van der Waals surface area contributed by atoms with Gasteiger partial charge < -0.3 is 15.4 Å². The summed E-state index contributed by atoms with van der Waals surface area (Å²) in [6.07, 6.45) is 2.21. The molecule has 1 aromatic rings. The van der Waals surface area contributed by atoms with Crippen molar-refractivity contribution in [3.63, 3.8) is 0 Å². The third-order valence-electron chi connectivity index (χ3n) is 3.24. The molecule has 1 aromatic heterocycles. The van der Waals surface area contributed by atoms with Gasteiger partial charge in [0.2, 0.25) is 0 Å². The van der Waals surface area contributed by atoms with Crippen molar-refractivity contribution in [2.24, 2.45) is 4.99 Å². The van der Waals surface area contributed by atoms with E-state index >= 15 is 0 Å². The highest BCUT2D eigenvalue weighted by atomic mass is 32.1. The number of guanidine groups is 1. The lowest BCUT2D eigenvalue weighted by Crippen LogP contribution is -2.39. The zero-order chi connectivity index (χ0) is 15.5. The van der Waals surface area contributed by atoms with E-state index in [0.717, 1.165) is 31.9 Å². The Bertz CT molecular complexity index is 432. The first-order chi connectivity index (χ1) is 10.2. The predicted octanol–water partition coefficient (Wildman–Crippen LogP) is 2.36. The van der Waals surface area contributed by atoms with Crippen molar-refractivity contribution < 1.29 is 9.53 Å². The predicted molar refractivity (Wildman–Crippen MR) is 88.0 cm³/mol. The minimum absolute atomic E-state index is 0.151. The van der Waals surface area contributed by atoms with Crippen molar-refractivity contribution in [1.82, 2.24) is 10.6 Å². The number of aliphatic imine (C=N–C) groups is 1. The SMILES string of the molecule is CN=C(NCCCCC(=O)OC)NCC(C)c1ccsc1. The Balaban J connectivity index is 2.16. The average molecular weight is 311 g/mol. The Kier molecular flexibility index (Phi) is 8.50. The summed E-state index contributed by atoms with van der Waals surface area (Å²) in [6, 6.07) is 2.15. The van der Waals surface area contributed by atoms with Gasteiger partial charge >= 0.3 is 5.97 Å². The molecule has 0 radical (unpaired) electrons. The number of methoxy groups -OCH3 is 1. The lowest BCUT2D eigenvalue weighted by Gasteiger charge is -2.15. The molecule has 0 amide bonds. The van der Waals surface area contributed by atoms with E-state index in [1.807, 2.05) is 0 Å². The normalized spacial score (nSPS) is 12.8. The largest absolute Gasteiger partial charge is 0.469 e. The van der Waals surface area contributed by atoms with E-state index in [2.05, 4.69) is 44.1 Å². The molecule has 6 heteroatoms. The number of rotatable bonds is 8. The van der Waals surface area contributed by atoms with Crippen LogP contribution in [0.5, 0.6) is 0 Å². The molecule has 1 atom stereocenters. The summed E-state index contributed by atoms with van der Waals surface area (Å²) in [5.74, 6) is 1.10. The quantitative estimate of drug-likeness (QED) is 0.335. The van der Waals surface area contributed by atoms with Crippen LogP contribution in [0.2, 0.25) is 0 Å². The van der Waals surface area contributed by atoms with Crippen LogP contribution in [0.3, 0.4) is 0 Å². The second-order valence-electron chi connectivity index (χ2n) is 4.87. The number of nitrogens with one attached hydrogen (secondary N) is 2. The van der Waals surface area contributed by atoms with Crippen molar-refractivity contribution in [3.05, 3.63) is 22.4 Å². The van der Waals surface area contributed by atoms with Crippen LogP contribution in [-0.4, -0.2) is 39.2 Å². The average Bonchev–Trinajstić information content (AvgIpc) is 3.03. The number of unbranched alkanes of at least 4 members (excludes halogenated alkanes) is 1. The second kappa shape index (κ2) is 10.2. The zero-order valence-corrected chi connectivity index (χ0v) is 13.8. The van der Waals surface area contributed by atoms with Crippen molar-refractivity contribution in [1.29, 1.82) is 0 Å². The van der Waals surface area contributed by atoms with Gasteiger partial charge in [0.25, 0.3) is 0 Å². The maximum absolute atomic E-state index is 11.0. The maximum Gasteiger partial charge on any atom is 0.305 e. The fourth-order valence-electron chi connectivity index (χ4n) is 1.85. The highest BCUT2D eigenvalue weighted by molar-refractivity contribution is 7.07. The Morgan fingerprint density at radius 1 is 1.43 bits per heavy atom. The van der Waals surface area contributed by atoms with Crippen LogP contribution >= 0.6 is 11.3 Å². The van der Waals surface area contributed by atoms with Gasteiger partial charge in [-0.2, -0.15) is 11.3 Å². The molecule has 0 aliphatic carbocycles. The molecule has 0 fully saturated rings. The molecule has 2 N–H and O–H groups in total. The van der Waals surface area contributed by atoms with Crippen LogP contribution < -0.4 is 10.6 Å². The summed E-state index contributed by atoms with van der Waals surface area (Å²) in [4.78, 5) is 15.2. The molecule has 0 saturated heterocycles. The Morgan fingerprint density at radius 3 is 2.86 bits per heavy atom. The van der Waals surface area contributed by atoms with Gasteiger partial charge in [-0.1, -0.05) is 6.92 Å². The molecular weight excluding hydrogens is 286 g/mol. The molecule has 1 rings (SSSR count). The standard InChI is InChI=1S/C15H25N3O2S/c1-12(13-7-9-21-11-13)10-18-15(16-2)17-8-5-4-6-14(19)20-3/h7,9,11-12H,4-6,8,10H2,1-3H3,(H2,16,17,18). The van der Waals surface area contributed by atoms with E-state index in [-0.39, 0.29) is 5.97 Å². The summed E-state index contributed by atoms with van der Waals surface area (Å²) < 4.78 is 4.60. The molecule has 118 valence electrons. The first-order valence-corrected chi connectivity index (χ1v) is 8.15. The summed E-state index contributed by atoms with van der Waals surface area (Å²) in [6.45, 7) is 3.83. The first-order valence-electron chi connectivity index (χ1n) is 7.20. The topological polar surface area (TPSA) is 62.7 Å². The van der Waals surface area contributed by atoms with Gasteiger partial charge in [0.15, 0.2) is 5.96 Å². The number of carbonyl (C=O) groups is 1. The highest BCUT2D eigenvalue weighted by Crippen LogP contribution is 2.16. The molecule has 0 saturated carbocycles. The minimum Gasteiger partial charge on any atom is -0.469 e. The number of thiophene rings is 1. The van der Waals surface area contributed by atoms with E-state index in [0.29, 0.717) is 12.3 Å². The van der Waals surface area contributed by atoms with Crippen molar-refractivity contribution in [3.8, 4) is 0 Å². The molecular formula is C15H25N3O2S. The minimum atomic E-state index is -0.151. The number of nitrogens with zero attached hydrogens (tertiary/aromatic N) is 1. The molecule has 0 bridgehead atoms. The van der Waals surface area contributed by atoms with Crippen LogP contribution in [0, 0.1) is 0 Å². The van der Waals surface area contributed by atoms with Gasteiger partial charge in [-0.05, 0) is 41.1 Å². The van der Waals surface area contributed by atoms with Gasteiger partial charge in [0.1, 0.15) is 0 Å². The molecule has 1 unspecified atom stereocenters. The van der Waals surface area contributed by atoms with E-state index < -0.39 is 0 Å². The van der Waals surface area contributed by atoms with E-state index in [1.54, 1.807) is 18.4 Å². The molecule has 0 aromatic carbocycles. The molecule has 0 aliphatic heterocycles. The summed E-state index contributed by atoms with van der Waals surface area (Å²) in [5, 5.41) is 10.8. The van der Waals surface area contributed by atoms with Gasteiger partial charge in [0, 0.05) is 26.6 Å². The summed E-state index contributed by atoms with van der Waals surface area (Å²) >= 11 is 1.72. The van der Waals surface area contributed by atoms with Crippen molar-refractivity contribution in [2.75, 3.05) is 27.2 Å². The van der Waals surface area contributed by atoms with Crippen LogP contribution in [0.1, 0.15) is 37.7 Å². The monoisotopic (exact) mass is 311 g/mol. The van der Waals surface area contributed by atoms with Crippen LogP contribution in [-0.2, 0) is 9.53 Å². The number of hydrogen-bond acceptors (Lipinski definition) is 4. The smallest absolute Gasteiger partial charge is 0.305 e. The lowest BCUT2D eigenvalue weighted by atomic mass is 10.1. The number of esters is 1. The Hall–Kier alpha value is -1.56. The fourth-order valence-corrected chi connectivity index (χ4v) is 2.63. The van der Waals surface area contributed by atoms with Crippen molar-refractivity contribution in [2.45, 2.75) is 32.1 Å². The van der Waals surface area contributed by atoms with Crippen LogP contribution in [0.4, 0.5) is 0 Å². The molecule has 1 heterocycles. The van der Waals surface area contributed by atoms with Crippen LogP contribution in [0.25, 0.3) is 0 Å².